The number of anilines is 1. The van der Waals surface area contributed by atoms with E-state index in [9.17, 15) is 0 Å². The summed E-state index contributed by atoms with van der Waals surface area (Å²) in [6.07, 6.45) is 4.20. The van der Waals surface area contributed by atoms with E-state index < -0.39 is 0 Å². The van der Waals surface area contributed by atoms with E-state index in [1.165, 1.54) is 12.0 Å². The summed E-state index contributed by atoms with van der Waals surface area (Å²) >= 11 is 0. The second kappa shape index (κ2) is 8.12. The van der Waals surface area contributed by atoms with E-state index in [4.69, 9.17) is 5.10 Å². The molecule has 0 aliphatic carbocycles. The topological polar surface area (TPSA) is 54.2 Å². The summed E-state index contributed by atoms with van der Waals surface area (Å²) in [7, 11) is 0. The Morgan fingerprint density at radius 1 is 1.08 bits per heavy atom. The zero-order valence-electron chi connectivity index (χ0n) is 15.3. The third-order valence-corrected chi connectivity index (χ3v) is 4.16. The van der Waals surface area contributed by atoms with Crippen molar-refractivity contribution in [3.8, 4) is 11.3 Å². The molecule has 0 saturated carbocycles. The Labute approximate surface area is 149 Å². The van der Waals surface area contributed by atoms with Crippen molar-refractivity contribution in [2.45, 2.75) is 46.2 Å². The standard InChI is InChI=1S/C20H27N5/c1-4-5-12-21-19-10-11-20-23-14-18(25(20)24-19)17-8-6-16(7-9-17)13-22-15(2)3/h6-11,14-15,22H,4-5,12-13H2,1-3H3,(H,21,24). The minimum atomic E-state index is 0.487. The van der Waals surface area contributed by atoms with Gasteiger partial charge < -0.3 is 10.6 Å². The molecule has 0 aliphatic heterocycles. The van der Waals surface area contributed by atoms with Crippen molar-refractivity contribution in [2.24, 2.45) is 0 Å². The second-order valence-electron chi connectivity index (χ2n) is 6.64. The van der Waals surface area contributed by atoms with Crippen molar-refractivity contribution in [1.82, 2.24) is 19.9 Å². The molecule has 3 rings (SSSR count). The zero-order valence-corrected chi connectivity index (χ0v) is 15.3. The van der Waals surface area contributed by atoms with Crippen LogP contribution in [0.25, 0.3) is 16.9 Å². The molecule has 0 atom stereocenters. The van der Waals surface area contributed by atoms with Crippen LogP contribution in [0.1, 0.15) is 39.2 Å². The molecule has 5 heteroatoms. The first-order chi connectivity index (χ1) is 12.2. The molecule has 0 spiro atoms. The Kier molecular flexibility index (Phi) is 5.66. The van der Waals surface area contributed by atoms with Gasteiger partial charge in [0.05, 0.1) is 11.9 Å². The van der Waals surface area contributed by atoms with Crippen molar-refractivity contribution in [1.29, 1.82) is 0 Å². The molecule has 2 heterocycles. The smallest absolute Gasteiger partial charge is 0.154 e. The van der Waals surface area contributed by atoms with Gasteiger partial charge >= 0.3 is 0 Å². The number of aromatic nitrogens is 3. The largest absolute Gasteiger partial charge is 0.369 e. The highest BCUT2D eigenvalue weighted by Gasteiger charge is 2.08. The third kappa shape index (κ3) is 4.37. The molecule has 25 heavy (non-hydrogen) atoms. The van der Waals surface area contributed by atoms with Crippen LogP contribution < -0.4 is 10.6 Å². The molecule has 0 radical (unpaired) electrons. The molecular weight excluding hydrogens is 310 g/mol. The molecule has 132 valence electrons. The van der Waals surface area contributed by atoms with Crippen LogP contribution in [-0.4, -0.2) is 27.2 Å². The Hall–Kier alpha value is -2.40. The number of rotatable bonds is 8. The predicted molar refractivity (Wildman–Crippen MR) is 104 cm³/mol. The van der Waals surface area contributed by atoms with Gasteiger partial charge in [-0.3, -0.25) is 0 Å². The number of unbranched alkanes of at least 4 members (excludes halogenated alkanes) is 1. The van der Waals surface area contributed by atoms with E-state index in [2.05, 4.69) is 60.7 Å². The Morgan fingerprint density at radius 2 is 1.88 bits per heavy atom. The molecule has 5 nitrogen and oxygen atoms in total. The first kappa shape index (κ1) is 17.4. The average molecular weight is 337 g/mol. The fourth-order valence-electron chi connectivity index (χ4n) is 2.67. The number of nitrogens with zero attached hydrogens (tertiary/aromatic N) is 3. The summed E-state index contributed by atoms with van der Waals surface area (Å²) in [6, 6.07) is 13.1. The molecule has 0 unspecified atom stereocenters. The third-order valence-electron chi connectivity index (χ3n) is 4.16. The number of fused-ring (bicyclic) bond motifs is 1. The van der Waals surface area contributed by atoms with Crippen LogP contribution in [0.5, 0.6) is 0 Å². The van der Waals surface area contributed by atoms with Gasteiger partial charge in [0.15, 0.2) is 5.65 Å². The van der Waals surface area contributed by atoms with Gasteiger partial charge in [0, 0.05) is 24.7 Å². The number of hydrogen-bond donors (Lipinski definition) is 2. The summed E-state index contributed by atoms with van der Waals surface area (Å²) in [4.78, 5) is 4.47. The van der Waals surface area contributed by atoms with Crippen molar-refractivity contribution in [2.75, 3.05) is 11.9 Å². The lowest BCUT2D eigenvalue weighted by Crippen LogP contribution is -2.21. The summed E-state index contributed by atoms with van der Waals surface area (Å²) in [5.74, 6) is 0.887. The minimum Gasteiger partial charge on any atom is -0.369 e. The van der Waals surface area contributed by atoms with E-state index in [-0.39, 0.29) is 0 Å². The van der Waals surface area contributed by atoms with Gasteiger partial charge in [-0.25, -0.2) is 9.50 Å². The predicted octanol–water partition coefficient (Wildman–Crippen LogP) is 4.11. The van der Waals surface area contributed by atoms with Gasteiger partial charge in [-0.2, -0.15) is 0 Å². The van der Waals surface area contributed by atoms with Crippen molar-refractivity contribution in [3.05, 3.63) is 48.2 Å². The molecule has 0 aliphatic rings. The molecule has 3 aromatic rings. The van der Waals surface area contributed by atoms with Crippen molar-refractivity contribution >= 4 is 11.5 Å². The Bertz CT molecular complexity index is 805. The van der Waals surface area contributed by atoms with E-state index in [1.807, 2.05) is 22.8 Å². The number of nitrogens with one attached hydrogen (secondary N) is 2. The normalized spacial score (nSPS) is 11.4. The van der Waals surface area contributed by atoms with Gasteiger partial charge in [0.25, 0.3) is 0 Å². The van der Waals surface area contributed by atoms with E-state index in [0.29, 0.717) is 6.04 Å². The van der Waals surface area contributed by atoms with Crippen molar-refractivity contribution in [3.63, 3.8) is 0 Å². The quantitative estimate of drug-likeness (QED) is 0.608. The monoisotopic (exact) mass is 337 g/mol. The number of benzene rings is 1. The molecular formula is C20H27N5. The lowest BCUT2D eigenvalue weighted by molar-refractivity contribution is 0.589. The second-order valence-corrected chi connectivity index (χ2v) is 6.64. The van der Waals surface area contributed by atoms with Crippen LogP contribution in [0.15, 0.2) is 42.6 Å². The minimum absolute atomic E-state index is 0.487. The van der Waals surface area contributed by atoms with Gasteiger partial charge in [0.2, 0.25) is 0 Å². The highest BCUT2D eigenvalue weighted by molar-refractivity contribution is 5.63. The first-order valence-electron chi connectivity index (χ1n) is 9.08. The summed E-state index contributed by atoms with van der Waals surface area (Å²) in [5, 5.41) is 11.5. The highest BCUT2D eigenvalue weighted by Crippen LogP contribution is 2.21. The number of hydrogen-bond acceptors (Lipinski definition) is 4. The maximum atomic E-state index is 4.70. The van der Waals surface area contributed by atoms with Crippen molar-refractivity contribution < 1.29 is 0 Å². The maximum absolute atomic E-state index is 4.70. The SMILES string of the molecule is CCCCNc1ccc2ncc(-c3ccc(CNC(C)C)cc3)n2n1. The molecule has 0 bridgehead atoms. The van der Waals surface area contributed by atoms with Crippen LogP contribution in [0.2, 0.25) is 0 Å². The Morgan fingerprint density at radius 3 is 2.60 bits per heavy atom. The van der Waals surface area contributed by atoms with Crippen LogP contribution in [0.4, 0.5) is 5.82 Å². The molecule has 2 aromatic heterocycles. The summed E-state index contributed by atoms with van der Waals surface area (Å²) < 4.78 is 1.91. The molecule has 1 aromatic carbocycles. The highest BCUT2D eigenvalue weighted by atomic mass is 15.3. The maximum Gasteiger partial charge on any atom is 0.154 e. The summed E-state index contributed by atoms with van der Waals surface area (Å²) in [6.45, 7) is 8.33. The fourth-order valence-corrected chi connectivity index (χ4v) is 2.67. The van der Waals surface area contributed by atoms with Crippen LogP contribution in [-0.2, 0) is 6.54 Å². The lowest BCUT2D eigenvalue weighted by Gasteiger charge is -2.09. The molecule has 0 fully saturated rings. The molecule has 0 saturated heterocycles. The average Bonchev–Trinajstić information content (AvgIpc) is 3.04. The van der Waals surface area contributed by atoms with Crippen LogP contribution >= 0.6 is 0 Å². The van der Waals surface area contributed by atoms with Crippen LogP contribution in [0.3, 0.4) is 0 Å². The molecule has 0 amide bonds. The first-order valence-corrected chi connectivity index (χ1v) is 9.08. The van der Waals surface area contributed by atoms with Gasteiger partial charge in [0.1, 0.15) is 5.82 Å². The Balaban J connectivity index is 1.81. The summed E-state index contributed by atoms with van der Waals surface area (Å²) in [5.41, 5.74) is 4.28. The van der Waals surface area contributed by atoms with Gasteiger partial charge in [-0.15, -0.1) is 5.10 Å². The van der Waals surface area contributed by atoms with Gasteiger partial charge in [-0.1, -0.05) is 51.5 Å². The number of imidazole rings is 1. The zero-order chi connectivity index (χ0) is 17.6. The van der Waals surface area contributed by atoms with Gasteiger partial charge in [-0.05, 0) is 24.1 Å². The molecule has 2 N–H and O–H groups in total. The fraction of sp³-hybridized carbons (Fsp3) is 0.400. The van der Waals surface area contributed by atoms with E-state index >= 15 is 0 Å². The van der Waals surface area contributed by atoms with E-state index in [1.54, 1.807) is 0 Å². The lowest BCUT2D eigenvalue weighted by atomic mass is 10.1. The van der Waals surface area contributed by atoms with Crippen LogP contribution in [0, 0.1) is 0 Å². The van der Waals surface area contributed by atoms with E-state index in [0.717, 1.165) is 42.2 Å².